The van der Waals surface area contributed by atoms with E-state index in [9.17, 15) is 0 Å². The first-order valence-electron chi connectivity index (χ1n) is 6.87. The van der Waals surface area contributed by atoms with Crippen LogP contribution in [0.15, 0.2) is 56.7 Å². The second-order valence-corrected chi connectivity index (χ2v) is 6.85. The third-order valence-corrected chi connectivity index (χ3v) is 5.22. The van der Waals surface area contributed by atoms with Crippen molar-refractivity contribution in [2.24, 2.45) is 0 Å². The summed E-state index contributed by atoms with van der Waals surface area (Å²) in [6.45, 7) is 7.42. The topological polar surface area (TPSA) is 12.0 Å². The summed E-state index contributed by atoms with van der Waals surface area (Å²) in [5.74, 6) is 0. The summed E-state index contributed by atoms with van der Waals surface area (Å²) in [6.07, 6.45) is 0. The number of hydrogen-bond acceptors (Lipinski definition) is 2. The van der Waals surface area contributed by atoms with Gasteiger partial charge in [-0.05, 0) is 66.2 Å². The van der Waals surface area contributed by atoms with Crippen LogP contribution in [-0.4, -0.2) is 6.54 Å². The van der Waals surface area contributed by atoms with E-state index in [4.69, 9.17) is 0 Å². The van der Waals surface area contributed by atoms with Crippen LogP contribution in [0, 0.1) is 6.92 Å². The highest BCUT2D eigenvalue weighted by Crippen LogP contribution is 2.35. The largest absolute Gasteiger partial charge is 0.310 e. The first kappa shape index (κ1) is 15.6. The predicted molar refractivity (Wildman–Crippen MR) is 91.5 cm³/mol. The van der Waals surface area contributed by atoms with Gasteiger partial charge in [0.25, 0.3) is 0 Å². The number of aryl methyl sites for hydroxylation is 1. The van der Waals surface area contributed by atoms with E-state index in [2.05, 4.69) is 84.5 Å². The van der Waals surface area contributed by atoms with Gasteiger partial charge in [0.15, 0.2) is 0 Å². The molecule has 106 valence electrons. The minimum absolute atomic E-state index is 0.384. The van der Waals surface area contributed by atoms with Gasteiger partial charge < -0.3 is 5.32 Å². The Bertz CT molecular complexity index is 566. The van der Waals surface area contributed by atoms with Crippen LogP contribution in [0.4, 0.5) is 0 Å². The van der Waals surface area contributed by atoms with E-state index in [0.717, 1.165) is 11.0 Å². The molecule has 0 heterocycles. The average Bonchev–Trinajstić information content (AvgIpc) is 2.43. The van der Waals surface area contributed by atoms with Gasteiger partial charge in [0.05, 0.1) is 0 Å². The summed E-state index contributed by atoms with van der Waals surface area (Å²) >= 11 is 5.48. The maximum absolute atomic E-state index is 3.69. The molecule has 2 aromatic rings. The molecule has 0 fully saturated rings. The summed E-state index contributed by atoms with van der Waals surface area (Å²) < 4.78 is 1.16. The van der Waals surface area contributed by atoms with E-state index in [0.29, 0.717) is 6.04 Å². The Morgan fingerprint density at radius 3 is 2.45 bits per heavy atom. The van der Waals surface area contributed by atoms with Crippen LogP contribution in [-0.2, 0) is 0 Å². The summed E-state index contributed by atoms with van der Waals surface area (Å²) in [6, 6.07) is 15.6. The van der Waals surface area contributed by atoms with Crippen LogP contribution in [0.25, 0.3) is 0 Å². The lowest BCUT2D eigenvalue weighted by atomic mass is 10.1. The van der Waals surface area contributed by atoms with Gasteiger partial charge in [0.2, 0.25) is 0 Å². The lowest BCUT2D eigenvalue weighted by Crippen LogP contribution is -2.17. The van der Waals surface area contributed by atoms with Gasteiger partial charge in [-0.15, -0.1) is 0 Å². The lowest BCUT2D eigenvalue weighted by Gasteiger charge is -2.14. The quantitative estimate of drug-likeness (QED) is 0.756. The Morgan fingerprint density at radius 2 is 1.85 bits per heavy atom. The fourth-order valence-electron chi connectivity index (χ4n) is 2.03. The van der Waals surface area contributed by atoms with E-state index in [-0.39, 0.29) is 0 Å². The summed E-state index contributed by atoms with van der Waals surface area (Å²) in [5, 5.41) is 3.44. The van der Waals surface area contributed by atoms with Crippen molar-refractivity contribution < 1.29 is 0 Å². The molecule has 0 aromatic heterocycles. The van der Waals surface area contributed by atoms with Gasteiger partial charge in [-0.25, -0.2) is 0 Å². The normalized spacial score (nSPS) is 12.4. The van der Waals surface area contributed by atoms with Gasteiger partial charge in [-0.3, -0.25) is 0 Å². The van der Waals surface area contributed by atoms with Gasteiger partial charge in [0, 0.05) is 20.3 Å². The van der Waals surface area contributed by atoms with Crippen molar-refractivity contribution in [1.29, 1.82) is 0 Å². The monoisotopic (exact) mass is 349 g/mol. The molecule has 0 aliphatic heterocycles. The van der Waals surface area contributed by atoms with Gasteiger partial charge in [0.1, 0.15) is 0 Å². The molecule has 3 heteroatoms. The Hall–Kier alpha value is -0.770. The highest BCUT2D eigenvalue weighted by Gasteiger charge is 2.08. The van der Waals surface area contributed by atoms with E-state index < -0.39 is 0 Å². The van der Waals surface area contributed by atoms with E-state index in [1.807, 2.05) is 0 Å². The smallest absolute Gasteiger partial charge is 0.0318 e. The molecule has 0 bridgehead atoms. The zero-order valence-corrected chi connectivity index (χ0v) is 14.5. The molecule has 1 atom stereocenters. The molecule has 2 rings (SSSR count). The number of halogens is 1. The third kappa shape index (κ3) is 4.11. The zero-order chi connectivity index (χ0) is 14.5. The molecular formula is C17H20BrNS. The van der Waals surface area contributed by atoms with Crippen LogP contribution in [0.5, 0.6) is 0 Å². The van der Waals surface area contributed by atoms with E-state index >= 15 is 0 Å². The summed E-state index contributed by atoms with van der Waals surface area (Å²) in [5.41, 5.74) is 2.61. The molecular weight excluding hydrogens is 330 g/mol. The Labute approximate surface area is 134 Å². The Kier molecular flexibility index (Phi) is 5.70. The molecule has 20 heavy (non-hydrogen) atoms. The molecule has 0 saturated carbocycles. The van der Waals surface area contributed by atoms with Crippen LogP contribution < -0.4 is 5.32 Å². The van der Waals surface area contributed by atoms with Crippen molar-refractivity contribution in [1.82, 2.24) is 5.32 Å². The molecule has 1 N–H and O–H groups in total. The number of hydrogen-bond donors (Lipinski definition) is 1. The zero-order valence-electron chi connectivity index (χ0n) is 12.1. The van der Waals surface area contributed by atoms with Crippen LogP contribution in [0.1, 0.15) is 31.0 Å². The van der Waals surface area contributed by atoms with Crippen molar-refractivity contribution in [2.75, 3.05) is 6.54 Å². The van der Waals surface area contributed by atoms with Gasteiger partial charge in [-0.1, -0.05) is 42.4 Å². The maximum atomic E-state index is 3.69. The van der Waals surface area contributed by atoms with E-state index in [1.165, 1.54) is 20.9 Å². The third-order valence-electron chi connectivity index (χ3n) is 3.22. The summed E-state index contributed by atoms with van der Waals surface area (Å²) in [7, 11) is 0. The van der Waals surface area contributed by atoms with Crippen molar-refractivity contribution in [2.45, 2.75) is 36.6 Å². The molecule has 0 aliphatic carbocycles. The molecule has 0 aliphatic rings. The standard InChI is InChI=1S/C17H20BrNS/c1-4-19-13(3)14-7-10-17(16(18)11-14)20-15-8-5-12(2)6-9-15/h5-11,13,19H,4H2,1-3H3. The summed E-state index contributed by atoms with van der Waals surface area (Å²) in [4.78, 5) is 2.52. The van der Waals surface area contributed by atoms with Crippen molar-refractivity contribution >= 4 is 27.7 Å². The molecule has 2 aromatic carbocycles. The molecule has 1 nitrogen and oxygen atoms in total. The Balaban J connectivity index is 2.15. The average molecular weight is 350 g/mol. The molecule has 1 unspecified atom stereocenters. The predicted octanol–water partition coefficient (Wildman–Crippen LogP) is 5.58. The lowest BCUT2D eigenvalue weighted by molar-refractivity contribution is 0.597. The molecule has 0 saturated heterocycles. The van der Waals surface area contributed by atoms with Crippen LogP contribution in [0.2, 0.25) is 0 Å². The van der Waals surface area contributed by atoms with Crippen molar-refractivity contribution in [3.8, 4) is 0 Å². The van der Waals surface area contributed by atoms with Crippen molar-refractivity contribution in [3.63, 3.8) is 0 Å². The first-order valence-corrected chi connectivity index (χ1v) is 8.48. The van der Waals surface area contributed by atoms with E-state index in [1.54, 1.807) is 11.8 Å². The Morgan fingerprint density at radius 1 is 1.15 bits per heavy atom. The molecule has 0 amide bonds. The molecule has 0 radical (unpaired) electrons. The van der Waals surface area contributed by atoms with Gasteiger partial charge in [-0.2, -0.15) is 0 Å². The van der Waals surface area contributed by atoms with Gasteiger partial charge >= 0.3 is 0 Å². The van der Waals surface area contributed by atoms with Crippen molar-refractivity contribution in [3.05, 3.63) is 58.1 Å². The minimum Gasteiger partial charge on any atom is -0.310 e. The minimum atomic E-state index is 0.384. The molecule has 0 spiro atoms. The fraction of sp³-hybridized carbons (Fsp3) is 0.294. The first-order chi connectivity index (χ1) is 9.60. The second-order valence-electron chi connectivity index (χ2n) is 4.88. The maximum Gasteiger partial charge on any atom is 0.0318 e. The highest BCUT2D eigenvalue weighted by molar-refractivity contribution is 9.10. The second kappa shape index (κ2) is 7.30. The highest BCUT2D eigenvalue weighted by atomic mass is 79.9. The number of benzene rings is 2. The number of nitrogens with one attached hydrogen (secondary N) is 1. The van der Waals surface area contributed by atoms with Crippen LogP contribution >= 0.6 is 27.7 Å². The number of rotatable bonds is 5. The SMILES string of the molecule is CCNC(C)c1ccc(Sc2ccc(C)cc2)c(Br)c1. The fourth-order valence-corrected chi connectivity index (χ4v) is 3.48. The van der Waals surface area contributed by atoms with Crippen LogP contribution in [0.3, 0.4) is 0 Å².